The van der Waals surface area contributed by atoms with Crippen LogP contribution in [0.2, 0.25) is 0 Å². The topological polar surface area (TPSA) is 89.9 Å². The standard InChI is InChI=1S/C14H24N2O4/c1-13(20)5-7-16(8-6-13)12(19)15-10-14(3-2-4-14)9-11(17)18/h20H,2-10H2,1H3,(H,15,19)(H,17,18). The molecule has 2 fully saturated rings. The third-order valence-electron chi connectivity index (χ3n) is 4.68. The molecule has 114 valence electrons. The molecule has 0 unspecified atom stereocenters. The first-order chi connectivity index (χ1) is 9.32. The Bertz CT molecular complexity index is 381. The van der Waals surface area contributed by atoms with E-state index in [1.807, 2.05) is 0 Å². The van der Waals surface area contributed by atoms with Gasteiger partial charge < -0.3 is 20.4 Å². The summed E-state index contributed by atoms with van der Waals surface area (Å²) in [6, 6.07) is -0.142. The van der Waals surface area contributed by atoms with Gasteiger partial charge in [0.05, 0.1) is 12.0 Å². The molecule has 20 heavy (non-hydrogen) atoms. The van der Waals surface area contributed by atoms with Gasteiger partial charge >= 0.3 is 12.0 Å². The van der Waals surface area contributed by atoms with Crippen LogP contribution >= 0.6 is 0 Å². The zero-order valence-corrected chi connectivity index (χ0v) is 12.0. The van der Waals surface area contributed by atoms with Crippen molar-refractivity contribution in [2.45, 2.75) is 51.0 Å². The Hall–Kier alpha value is -1.30. The first-order valence-electron chi connectivity index (χ1n) is 7.29. The van der Waals surface area contributed by atoms with Crippen LogP contribution < -0.4 is 5.32 Å². The summed E-state index contributed by atoms with van der Waals surface area (Å²) in [4.78, 5) is 24.6. The van der Waals surface area contributed by atoms with Gasteiger partial charge in [-0.3, -0.25) is 4.79 Å². The lowest BCUT2D eigenvalue weighted by Gasteiger charge is -2.42. The van der Waals surface area contributed by atoms with Gasteiger partial charge in [-0.05, 0) is 38.0 Å². The van der Waals surface area contributed by atoms with Crippen molar-refractivity contribution in [1.29, 1.82) is 0 Å². The lowest BCUT2D eigenvalue weighted by molar-refractivity contribution is -0.141. The Kier molecular flexibility index (Phi) is 4.22. The molecule has 3 N–H and O–H groups in total. The van der Waals surface area contributed by atoms with Gasteiger partial charge in [0, 0.05) is 19.6 Å². The summed E-state index contributed by atoms with van der Waals surface area (Å²) < 4.78 is 0. The molecule has 0 aromatic rings. The van der Waals surface area contributed by atoms with Gasteiger partial charge in [0.25, 0.3) is 0 Å². The number of hydrogen-bond acceptors (Lipinski definition) is 3. The Morgan fingerprint density at radius 3 is 2.25 bits per heavy atom. The van der Waals surface area contributed by atoms with Crippen molar-refractivity contribution in [2.24, 2.45) is 5.41 Å². The van der Waals surface area contributed by atoms with Gasteiger partial charge in [-0.1, -0.05) is 6.42 Å². The Labute approximate surface area is 119 Å². The van der Waals surface area contributed by atoms with Crippen LogP contribution in [-0.4, -0.2) is 52.3 Å². The van der Waals surface area contributed by atoms with Crippen LogP contribution in [0.4, 0.5) is 4.79 Å². The molecular weight excluding hydrogens is 260 g/mol. The molecular formula is C14H24N2O4. The normalized spacial score (nSPS) is 23.8. The van der Waals surface area contributed by atoms with E-state index in [1.54, 1.807) is 11.8 Å². The lowest BCUT2D eigenvalue weighted by atomic mass is 9.66. The molecule has 0 aromatic heterocycles. The minimum absolute atomic E-state index is 0.127. The fourth-order valence-corrected chi connectivity index (χ4v) is 2.98. The second-order valence-corrected chi connectivity index (χ2v) is 6.57. The largest absolute Gasteiger partial charge is 0.481 e. The number of likely N-dealkylation sites (tertiary alicyclic amines) is 1. The summed E-state index contributed by atoms with van der Waals surface area (Å²) in [6.07, 6.45) is 4.07. The Morgan fingerprint density at radius 1 is 1.20 bits per heavy atom. The van der Waals surface area contributed by atoms with Crippen molar-refractivity contribution in [2.75, 3.05) is 19.6 Å². The minimum Gasteiger partial charge on any atom is -0.481 e. The third kappa shape index (κ3) is 3.62. The quantitative estimate of drug-likeness (QED) is 0.723. The molecule has 2 aliphatic rings. The summed E-state index contributed by atoms with van der Waals surface area (Å²) >= 11 is 0. The van der Waals surface area contributed by atoms with Gasteiger partial charge in [0.2, 0.25) is 0 Å². The molecule has 1 aliphatic carbocycles. The average Bonchev–Trinajstić information content (AvgIpc) is 2.31. The number of aliphatic carboxylic acids is 1. The van der Waals surface area contributed by atoms with Gasteiger partial charge in [-0.15, -0.1) is 0 Å². The number of hydrogen-bond donors (Lipinski definition) is 3. The van der Waals surface area contributed by atoms with E-state index in [1.165, 1.54) is 0 Å². The van der Waals surface area contributed by atoms with Crippen molar-refractivity contribution >= 4 is 12.0 Å². The van der Waals surface area contributed by atoms with Crippen molar-refractivity contribution < 1.29 is 19.8 Å². The number of carboxylic acid groups (broad SMARTS) is 1. The summed E-state index contributed by atoms with van der Waals surface area (Å²) in [7, 11) is 0. The molecule has 1 saturated carbocycles. The summed E-state index contributed by atoms with van der Waals surface area (Å²) in [5, 5.41) is 21.7. The second-order valence-electron chi connectivity index (χ2n) is 6.57. The summed E-state index contributed by atoms with van der Waals surface area (Å²) in [6.45, 7) is 3.32. The zero-order chi connectivity index (χ0) is 14.8. The smallest absolute Gasteiger partial charge is 0.317 e. The second kappa shape index (κ2) is 5.60. The van der Waals surface area contributed by atoms with E-state index in [4.69, 9.17) is 5.11 Å². The van der Waals surface area contributed by atoms with E-state index in [0.29, 0.717) is 32.5 Å². The molecule has 0 atom stereocenters. The SMILES string of the molecule is CC1(O)CCN(C(=O)NCC2(CC(=O)O)CCC2)CC1. The number of urea groups is 1. The number of carbonyl (C=O) groups is 2. The summed E-state index contributed by atoms with van der Waals surface area (Å²) in [5.41, 5.74) is -0.919. The van der Waals surface area contributed by atoms with Crippen LogP contribution in [0, 0.1) is 5.41 Å². The first-order valence-corrected chi connectivity index (χ1v) is 7.29. The van der Waals surface area contributed by atoms with Crippen molar-refractivity contribution in [3.63, 3.8) is 0 Å². The lowest BCUT2D eigenvalue weighted by Crippen LogP contribution is -2.51. The van der Waals surface area contributed by atoms with Crippen LogP contribution in [-0.2, 0) is 4.79 Å². The number of nitrogens with one attached hydrogen (secondary N) is 1. The zero-order valence-electron chi connectivity index (χ0n) is 12.0. The highest BCUT2D eigenvalue weighted by Gasteiger charge is 2.39. The van der Waals surface area contributed by atoms with Crippen LogP contribution in [0.1, 0.15) is 45.4 Å². The highest BCUT2D eigenvalue weighted by molar-refractivity contribution is 5.74. The minimum atomic E-state index is -0.798. The van der Waals surface area contributed by atoms with Gasteiger partial charge in [-0.25, -0.2) is 4.79 Å². The van der Waals surface area contributed by atoms with E-state index in [-0.39, 0.29) is 17.9 Å². The number of piperidine rings is 1. The fourth-order valence-electron chi connectivity index (χ4n) is 2.98. The molecule has 1 heterocycles. The van der Waals surface area contributed by atoms with Gasteiger partial charge in [-0.2, -0.15) is 0 Å². The van der Waals surface area contributed by atoms with Crippen LogP contribution in [0.25, 0.3) is 0 Å². The van der Waals surface area contributed by atoms with E-state index >= 15 is 0 Å². The maximum atomic E-state index is 12.1. The number of nitrogens with zero attached hydrogens (tertiary/aromatic N) is 1. The van der Waals surface area contributed by atoms with Crippen LogP contribution in [0.3, 0.4) is 0 Å². The van der Waals surface area contributed by atoms with Crippen molar-refractivity contribution in [3.8, 4) is 0 Å². The molecule has 1 saturated heterocycles. The predicted octanol–water partition coefficient (Wildman–Crippen LogP) is 1.19. The van der Waals surface area contributed by atoms with E-state index in [0.717, 1.165) is 19.3 Å². The number of rotatable bonds is 4. The molecule has 6 heteroatoms. The maximum Gasteiger partial charge on any atom is 0.317 e. The highest BCUT2D eigenvalue weighted by Crippen LogP contribution is 2.43. The van der Waals surface area contributed by atoms with Crippen molar-refractivity contribution in [1.82, 2.24) is 10.2 Å². The molecule has 6 nitrogen and oxygen atoms in total. The Morgan fingerprint density at radius 2 is 1.80 bits per heavy atom. The molecule has 0 spiro atoms. The number of carboxylic acids is 1. The fraction of sp³-hybridized carbons (Fsp3) is 0.857. The van der Waals surface area contributed by atoms with Crippen molar-refractivity contribution in [3.05, 3.63) is 0 Å². The van der Waals surface area contributed by atoms with E-state index in [9.17, 15) is 14.7 Å². The maximum absolute atomic E-state index is 12.1. The van der Waals surface area contributed by atoms with E-state index in [2.05, 4.69) is 5.32 Å². The van der Waals surface area contributed by atoms with E-state index < -0.39 is 11.6 Å². The molecule has 0 aromatic carbocycles. The van der Waals surface area contributed by atoms with Gasteiger partial charge in [0.1, 0.15) is 0 Å². The average molecular weight is 284 g/mol. The molecule has 2 rings (SSSR count). The molecule has 0 radical (unpaired) electrons. The molecule has 0 bridgehead atoms. The first kappa shape index (κ1) is 15.1. The number of carbonyl (C=O) groups excluding carboxylic acids is 1. The third-order valence-corrected chi connectivity index (χ3v) is 4.68. The predicted molar refractivity (Wildman–Crippen MR) is 73.4 cm³/mol. The monoisotopic (exact) mass is 284 g/mol. The highest BCUT2D eigenvalue weighted by atomic mass is 16.4. The van der Waals surface area contributed by atoms with Gasteiger partial charge in [0.15, 0.2) is 0 Å². The van der Waals surface area contributed by atoms with Crippen LogP contribution in [0.15, 0.2) is 0 Å². The molecule has 1 aliphatic heterocycles. The summed E-state index contributed by atoms with van der Waals surface area (Å²) in [5.74, 6) is -0.798. The molecule has 2 amide bonds. The number of amides is 2. The number of aliphatic hydroxyl groups is 1. The van der Waals surface area contributed by atoms with Crippen LogP contribution in [0.5, 0.6) is 0 Å². The Balaban J connectivity index is 1.79.